The molecule has 0 amide bonds. The molecule has 0 aromatic heterocycles. The average molecular weight is 143 g/mol. The highest BCUT2D eigenvalue weighted by Gasteiger charge is 1.88. The Labute approximate surface area is 66.0 Å². The number of hydrogen-bond acceptors (Lipinski definition) is 0. The minimum atomic E-state index is -0.295. The van der Waals surface area contributed by atoms with E-state index < -0.39 is 0 Å². The molecule has 0 saturated carbocycles. The summed E-state index contributed by atoms with van der Waals surface area (Å²) in [5.74, 6) is 1.72. The molecular weight excluding hydrogens is 136 g/mol. The lowest BCUT2D eigenvalue weighted by Crippen LogP contribution is -1.73. The predicted octanol–water partition coefficient (Wildman–Crippen LogP) is 2.09. The van der Waals surface area contributed by atoms with E-state index in [1.165, 1.54) is 6.08 Å². The van der Waals surface area contributed by atoms with Gasteiger partial charge in [-0.2, -0.15) is 0 Å². The molecule has 0 unspecified atom stereocenters. The molecule has 0 aliphatic rings. The van der Waals surface area contributed by atoms with Gasteiger partial charge in [0.1, 0.15) is 0 Å². The number of hydrogen-bond donors (Lipinski definition) is 0. The molecule has 1 aromatic carbocycles. The van der Waals surface area contributed by atoms with Gasteiger partial charge in [0.2, 0.25) is 5.76 Å². The molecular formula is C10H7O. The maximum absolute atomic E-state index is 10.7. The molecule has 1 nitrogen and oxygen atoms in total. The smallest absolute Gasteiger partial charge is 0.229 e. The second-order valence-corrected chi connectivity index (χ2v) is 2.06. The van der Waals surface area contributed by atoms with Crippen LogP contribution in [0.5, 0.6) is 0 Å². The van der Waals surface area contributed by atoms with E-state index in [0.717, 1.165) is 5.56 Å². The van der Waals surface area contributed by atoms with Crippen LogP contribution in [0.3, 0.4) is 0 Å². The first-order chi connectivity index (χ1) is 5.33. The van der Waals surface area contributed by atoms with Crippen molar-refractivity contribution in [2.75, 3.05) is 0 Å². The van der Waals surface area contributed by atoms with Crippen LogP contribution in [0.2, 0.25) is 0 Å². The minimum absolute atomic E-state index is 0.295. The van der Waals surface area contributed by atoms with Gasteiger partial charge in [-0.05, 0) is 11.5 Å². The second-order valence-electron chi connectivity index (χ2n) is 2.06. The molecule has 1 radical (unpaired) electrons. The van der Waals surface area contributed by atoms with Crippen LogP contribution in [0.1, 0.15) is 5.56 Å². The van der Waals surface area contributed by atoms with Crippen LogP contribution in [0, 0.1) is 12.3 Å². The van der Waals surface area contributed by atoms with E-state index in [1.54, 1.807) is 0 Å². The fourth-order valence-corrected chi connectivity index (χ4v) is 0.742. The maximum atomic E-state index is 10.7. The molecule has 1 rings (SSSR count). The Morgan fingerprint density at radius 1 is 1.36 bits per heavy atom. The summed E-state index contributed by atoms with van der Waals surface area (Å²) in [4.78, 5) is 0. The van der Waals surface area contributed by atoms with Crippen molar-refractivity contribution >= 4 is 6.08 Å². The Kier molecular flexibility index (Phi) is 2.35. The van der Waals surface area contributed by atoms with E-state index in [4.69, 9.17) is 6.42 Å². The van der Waals surface area contributed by atoms with Gasteiger partial charge < -0.3 is 0 Å². The van der Waals surface area contributed by atoms with Crippen LogP contribution in [0.15, 0.2) is 36.1 Å². The van der Waals surface area contributed by atoms with Crippen molar-refractivity contribution in [1.29, 1.82) is 0 Å². The first-order valence-electron chi connectivity index (χ1n) is 3.23. The molecule has 0 N–H and O–H groups in total. The van der Waals surface area contributed by atoms with Gasteiger partial charge in [-0.1, -0.05) is 30.3 Å². The molecule has 0 fully saturated rings. The average Bonchev–Trinajstić information content (AvgIpc) is 2.06. The zero-order valence-corrected chi connectivity index (χ0v) is 5.95. The highest BCUT2D eigenvalue weighted by Crippen LogP contribution is 2.03. The summed E-state index contributed by atoms with van der Waals surface area (Å²) in [6.45, 7) is 0. The van der Waals surface area contributed by atoms with Gasteiger partial charge in [-0.25, -0.2) is 0 Å². The Morgan fingerprint density at radius 3 is 2.55 bits per heavy atom. The Hall–Kier alpha value is -1.68. The molecule has 1 aromatic rings. The Morgan fingerprint density at radius 2 is 2.00 bits per heavy atom. The summed E-state index contributed by atoms with van der Waals surface area (Å²) < 4.78 is 0. The van der Waals surface area contributed by atoms with Crippen molar-refractivity contribution in [3.8, 4) is 12.3 Å². The fourth-order valence-electron chi connectivity index (χ4n) is 0.742. The molecule has 1 heteroatoms. The number of allylic oxidation sites excluding steroid dienone is 1. The van der Waals surface area contributed by atoms with Gasteiger partial charge >= 0.3 is 0 Å². The second kappa shape index (κ2) is 3.48. The van der Waals surface area contributed by atoms with Crippen LogP contribution in [-0.4, -0.2) is 0 Å². The number of rotatable bonds is 1. The quantitative estimate of drug-likeness (QED) is 0.423. The molecule has 0 aliphatic carbocycles. The third-order valence-corrected chi connectivity index (χ3v) is 1.24. The van der Waals surface area contributed by atoms with Gasteiger partial charge in [0.05, 0.1) is 0 Å². The monoisotopic (exact) mass is 143 g/mol. The summed E-state index contributed by atoms with van der Waals surface area (Å²) in [5.41, 5.74) is 0.843. The standard InChI is InChI=1S/C10H7O/c1-2-10(11)8-9-6-4-3-5-7-9/h1,3-8H. The zero-order valence-electron chi connectivity index (χ0n) is 5.95. The first-order valence-corrected chi connectivity index (χ1v) is 3.23. The number of terminal acetylenes is 1. The minimum Gasteiger partial charge on any atom is -0.280 e. The lowest BCUT2D eigenvalue weighted by atomic mass is 10.2. The molecule has 0 heterocycles. The third-order valence-electron chi connectivity index (χ3n) is 1.24. The van der Waals surface area contributed by atoms with Crippen molar-refractivity contribution in [3.05, 3.63) is 41.7 Å². The molecule has 11 heavy (non-hydrogen) atoms. The van der Waals surface area contributed by atoms with Crippen LogP contribution in [-0.2, 0) is 5.11 Å². The summed E-state index contributed by atoms with van der Waals surface area (Å²) in [6, 6.07) is 9.26. The van der Waals surface area contributed by atoms with Crippen molar-refractivity contribution in [3.63, 3.8) is 0 Å². The summed E-state index contributed by atoms with van der Waals surface area (Å²) in [5, 5.41) is 10.7. The Balaban J connectivity index is 2.90. The van der Waals surface area contributed by atoms with Crippen LogP contribution >= 0.6 is 0 Å². The lowest BCUT2D eigenvalue weighted by Gasteiger charge is -1.88. The van der Waals surface area contributed by atoms with Gasteiger partial charge in [-0.3, -0.25) is 5.11 Å². The molecule has 0 spiro atoms. The largest absolute Gasteiger partial charge is 0.280 e. The Bertz CT molecular complexity index is 290. The van der Waals surface area contributed by atoms with Gasteiger partial charge in [0.15, 0.2) is 0 Å². The molecule has 0 bridgehead atoms. The summed E-state index contributed by atoms with van der Waals surface area (Å²) in [6.07, 6.45) is 6.32. The summed E-state index contributed by atoms with van der Waals surface area (Å²) in [7, 11) is 0. The van der Waals surface area contributed by atoms with Crippen molar-refractivity contribution in [1.82, 2.24) is 0 Å². The zero-order chi connectivity index (χ0) is 8.10. The SMILES string of the molecule is C#CC([O])=Cc1ccccc1. The van der Waals surface area contributed by atoms with E-state index in [1.807, 2.05) is 36.3 Å². The maximum Gasteiger partial charge on any atom is 0.229 e. The van der Waals surface area contributed by atoms with Gasteiger partial charge in [0, 0.05) is 6.08 Å². The number of benzene rings is 1. The van der Waals surface area contributed by atoms with Crippen LogP contribution in [0.4, 0.5) is 0 Å². The highest BCUT2D eigenvalue weighted by atomic mass is 16.3. The highest BCUT2D eigenvalue weighted by molar-refractivity contribution is 5.54. The molecule has 0 atom stereocenters. The predicted molar refractivity (Wildman–Crippen MR) is 43.9 cm³/mol. The molecule has 0 saturated heterocycles. The van der Waals surface area contributed by atoms with Gasteiger partial charge in [-0.15, -0.1) is 6.42 Å². The fraction of sp³-hybridized carbons (Fsp3) is 0. The lowest BCUT2D eigenvalue weighted by molar-refractivity contribution is 0.325. The molecule has 0 aliphatic heterocycles. The summed E-state index contributed by atoms with van der Waals surface area (Å²) >= 11 is 0. The normalized spacial score (nSPS) is 10.6. The van der Waals surface area contributed by atoms with E-state index in [9.17, 15) is 5.11 Å². The van der Waals surface area contributed by atoms with E-state index in [2.05, 4.69) is 0 Å². The third kappa shape index (κ3) is 2.19. The van der Waals surface area contributed by atoms with Crippen molar-refractivity contribution < 1.29 is 5.11 Å². The van der Waals surface area contributed by atoms with Crippen LogP contribution in [0.25, 0.3) is 6.08 Å². The van der Waals surface area contributed by atoms with Gasteiger partial charge in [0.25, 0.3) is 0 Å². The van der Waals surface area contributed by atoms with Crippen LogP contribution < -0.4 is 0 Å². The van der Waals surface area contributed by atoms with E-state index in [0.29, 0.717) is 0 Å². The van der Waals surface area contributed by atoms with Crippen molar-refractivity contribution in [2.24, 2.45) is 0 Å². The first kappa shape index (κ1) is 7.43. The van der Waals surface area contributed by atoms with E-state index >= 15 is 0 Å². The van der Waals surface area contributed by atoms with Crippen molar-refractivity contribution in [2.45, 2.75) is 0 Å². The molecule has 53 valence electrons. The van der Waals surface area contributed by atoms with E-state index in [-0.39, 0.29) is 5.76 Å². The topological polar surface area (TPSA) is 19.9 Å².